The highest BCUT2D eigenvalue weighted by Crippen LogP contribution is 2.55. The van der Waals surface area contributed by atoms with Crippen LogP contribution in [-0.2, 0) is 0 Å². The molecule has 0 aliphatic rings. The molecule has 0 saturated heterocycles. The molecule has 0 amide bonds. The van der Waals surface area contributed by atoms with E-state index in [0.29, 0.717) is 0 Å². The molecule has 0 aromatic heterocycles. The second kappa shape index (κ2) is 8.97. The quantitative estimate of drug-likeness (QED) is 0.143. The molecular weight excluding hydrogens is 625 g/mol. The minimum atomic E-state index is 1.29. The Hall–Kier alpha value is -6.24. The van der Waals surface area contributed by atoms with Crippen LogP contribution in [0.15, 0.2) is 121 Å². The van der Waals surface area contributed by atoms with Crippen molar-refractivity contribution in [1.82, 2.24) is 0 Å². The predicted molar refractivity (Wildman–Crippen MR) is 229 cm³/mol. The lowest BCUT2D eigenvalue weighted by atomic mass is 9.78. The van der Waals surface area contributed by atoms with Crippen LogP contribution in [0.4, 0.5) is 0 Å². The molecule has 13 rings (SSSR count). The molecule has 0 aliphatic carbocycles. The summed E-state index contributed by atoms with van der Waals surface area (Å²) in [5.74, 6) is 0. The Morgan fingerprint density at radius 3 is 0.519 bits per heavy atom. The average molecular weight is 657 g/mol. The van der Waals surface area contributed by atoms with Crippen molar-refractivity contribution in [3.63, 3.8) is 0 Å². The Balaban J connectivity index is 1.55. The van der Waals surface area contributed by atoms with E-state index in [1.165, 1.54) is 152 Å². The molecule has 0 fully saturated rings. The van der Waals surface area contributed by atoms with E-state index in [0.717, 1.165) is 0 Å². The van der Waals surface area contributed by atoms with E-state index < -0.39 is 0 Å². The van der Waals surface area contributed by atoms with Gasteiger partial charge < -0.3 is 0 Å². The summed E-state index contributed by atoms with van der Waals surface area (Å²) in [6, 6.07) is 47.9. The minimum absolute atomic E-state index is 1.29. The third kappa shape index (κ3) is 3.06. The second-order valence-corrected chi connectivity index (χ2v) is 15.8. The fraction of sp³-hybridized carbons (Fsp3) is 0.0769. The molecule has 52 heavy (non-hydrogen) atoms. The van der Waals surface area contributed by atoms with Gasteiger partial charge in [0.15, 0.2) is 0 Å². The molecular formula is C52H32. The van der Waals surface area contributed by atoms with Crippen LogP contribution in [-0.4, -0.2) is 0 Å². The van der Waals surface area contributed by atoms with Crippen molar-refractivity contribution in [3.8, 4) is 0 Å². The highest BCUT2D eigenvalue weighted by molar-refractivity contribution is 6.53. The van der Waals surface area contributed by atoms with Crippen LogP contribution in [0.5, 0.6) is 0 Å². The summed E-state index contributed by atoms with van der Waals surface area (Å²) in [5, 5.41) is 32.7. The molecule has 0 spiro atoms. The van der Waals surface area contributed by atoms with Gasteiger partial charge in [0, 0.05) is 0 Å². The SMILES string of the molecule is Cc1ccc2c(c1)c1ccc3c4cc(C)ccc4c4ccc5c6ccc(C)cc6c6ccc7c8cc(C)ccc8c8ccc2c2c8c7c6c5c4c3c12. The van der Waals surface area contributed by atoms with E-state index in [4.69, 9.17) is 0 Å². The van der Waals surface area contributed by atoms with Crippen molar-refractivity contribution >= 4 is 129 Å². The Labute approximate surface area is 299 Å². The van der Waals surface area contributed by atoms with E-state index in [1.807, 2.05) is 0 Å². The first kappa shape index (κ1) is 27.5. The van der Waals surface area contributed by atoms with Gasteiger partial charge in [0.05, 0.1) is 0 Å². The minimum Gasteiger partial charge on any atom is -0.0587 e. The predicted octanol–water partition coefficient (Wildman–Crippen LogP) is 15.1. The van der Waals surface area contributed by atoms with Gasteiger partial charge in [-0.05, 0) is 157 Å². The molecule has 0 aliphatic heterocycles. The number of benzene rings is 12. The number of fused-ring (bicyclic) bond motifs is 12. The first-order valence-corrected chi connectivity index (χ1v) is 18.6. The lowest BCUT2D eigenvalue weighted by Crippen LogP contribution is -1.96. The third-order valence-electron chi connectivity index (χ3n) is 12.8. The summed E-state index contributed by atoms with van der Waals surface area (Å²) >= 11 is 0. The van der Waals surface area contributed by atoms with E-state index >= 15 is 0 Å². The smallest absolute Gasteiger partial charge is 0.000718 e. The second-order valence-electron chi connectivity index (χ2n) is 15.8. The van der Waals surface area contributed by atoms with Crippen molar-refractivity contribution in [2.45, 2.75) is 27.7 Å². The fourth-order valence-corrected chi connectivity index (χ4v) is 10.7. The third-order valence-corrected chi connectivity index (χ3v) is 12.8. The molecule has 0 saturated carbocycles. The van der Waals surface area contributed by atoms with Gasteiger partial charge in [-0.2, -0.15) is 0 Å². The molecule has 0 nitrogen and oxygen atoms in total. The Bertz CT molecular complexity index is 3270. The van der Waals surface area contributed by atoms with Crippen molar-refractivity contribution in [3.05, 3.63) is 144 Å². The maximum Gasteiger partial charge on any atom is -0.000718 e. The largest absolute Gasteiger partial charge is 0.0587 e. The Kier molecular flexibility index (Phi) is 4.74. The van der Waals surface area contributed by atoms with Gasteiger partial charge in [-0.3, -0.25) is 0 Å². The van der Waals surface area contributed by atoms with Gasteiger partial charge in [0.25, 0.3) is 0 Å². The summed E-state index contributed by atoms with van der Waals surface area (Å²) in [6.07, 6.45) is 0. The molecule has 0 radical (unpaired) electrons. The Morgan fingerprint density at radius 1 is 0.173 bits per heavy atom. The summed E-state index contributed by atoms with van der Waals surface area (Å²) < 4.78 is 0. The van der Waals surface area contributed by atoms with Crippen molar-refractivity contribution in [2.24, 2.45) is 0 Å². The zero-order chi connectivity index (χ0) is 34.3. The maximum absolute atomic E-state index is 2.44. The van der Waals surface area contributed by atoms with Gasteiger partial charge in [-0.25, -0.2) is 0 Å². The van der Waals surface area contributed by atoms with Gasteiger partial charge in [0.1, 0.15) is 0 Å². The average Bonchev–Trinajstić information content (AvgIpc) is 3.15. The molecule has 240 valence electrons. The van der Waals surface area contributed by atoms with Gasteiger partial charge in [0.2, 0.25) is 0 Å². The lowest BCUT2D eigenvalue weighted by molar-refractivity contribution is 1.51. The molecule has 13 aromatic carbocycles. The normalized spacial score (nSPS) is 13.0. The molecule has 0 atom stereocenters. The van der Waals surface area contributed by atoms with E-state index in [1.54, 1.807) is 0 Å². The highest BCUT2D eigenvalue weighted by Gasteiger charge is 2.26. The maximum atomic E-state index is 2.44. The van der Waals surface area contributed by atoms with Crippen LogP contribution < -0.4 is 0 Å². The first-order valence-electron chi connectivity index (χ1n) is 18.6. The van der Waals surface area contributed by atoms with Gasteiger partial charge >= 0.3 is 0 Å². The molecule has 13 aromatic rings. The molecule has 0 heterocycles. The van der Waals surface area contributed by atoms with E-state index in [-0.39, 0.29) is 0 Å². The van der Waals surface area contributed by atoms with Crippen LogP contribution in [0.2, 0.25) is 0 Å². The van der Waals surface area contributed by atoms with Gasteiger partial charge in [-0.15, -0.1) is 0 Å². The van der Waals surface area contributed by atoms with E-state index in [2.05, 4.69) is 149 Å². The number of aryl methyl sites for hydroxylation is 4. The number of rotatable bonds is 0. The topological polar surface area (TPSA) is 0 Å². The van der Waals surface area contributed by atoms with Crippen molar-refractivity contribution in [1.29, 1.82) is 0 Å². The zero-order valence-electron chi connectivity index (χ0n) is 29.5. The number of hydrogen-bond acceptors (Lipinski definition) is 0. The van der Waals surface area contributed by atoms with Crippen LogP contribution in [0, 0.1) is 27.7 Å². The first-order chi connectivity index (χ1) is 25.4. The summed E-state index contributed by atoms with van der Waals surface area (Å²) in [6.45, 7) is 8.93. The van der Waals surface area contributed by atoms with Crippen LogP contribution >= 0.6 is 0 Å². The van der Waals surface area contributed by atoms with E-state index in [9.17, 15) is 0 Å². The van der Waals surface area contributed by atoms with Crippen molar-refractivity contribution < 1.29 is 0 Å². The monoisotopic (exact) mass is 656 g/mol. The molecule has 0 bridgehead atoms. The zero-order valence-corrected chi connectivity index (χ0v) is 29.5. The standard InChI is InChI=1S/C52H32/c1-25-5-9-29-33-13-14-34-30-10-6-27(3)23-43(30)39-19-20-40-44-24-28(4)8-12-32(44)36-16-15-35-31-11-7-26(2)22-42(31)38-18-17-37(41(29)21-25)49-45(33)46(34)51(39)52(40)48(36)47(35)50(38)49/h5-24H,1-4H3. The Morgan fingerprint density at radius 2 is 0.327 bits per heavy atom. The fourth-order valence-electron chi connectivity index (χ4n) is 10.7. The number of hydrogen-bond donors (Lipinski definition) is 0. The lowest BCUT2D eigenvalue weighted by Gasteiger charge is -2.24. The molecule has 0 N–H and O–H groups in total. The van der Waals surface area contributed by atoms with Gasteiger partial charge in [-0.1, -0.05) is 144 Å². The highest BCUT2D eigenvalue weighted by atomic mass is 14.3. The van der Waals surface area contributed by atoms with Crippen LogP contribution in [0.25, 0.3) is 129 Å². The summed E-state index contributed by atoms with van der Waals surface area (Å²) in [4.78, 5) is 0. The summed E-state index contributed by atoms with van der Waals surface area (Å²) in [7, 11) is 0. The van der Waals surface area contributed by atoms with Crippen molar-refractivity contribution in [2.75, 3.05) is 0 Å². The van der Waals surface area contributed by atoms with Crippen LogP contribution in [0.1, 0.15) is 22.3 Å². The molecule has 0 unspecified atom stereocenters. The van der Waals surface area contributed by atoms with Crippen LogP contribution in [0.3, 0.4) is 0 Å². The molecule has 0 heteroatoms. The summed E-state index contributed by atoms with van der Waals surface area (Å²) in [5.41, 5.74) is 5.18.